The second-order valence-electron chi connectivity index (χ2n) is 7.45. The summed E-state index contributed by atoms with van der Waals surface area (Å²) in [7, 11) is -1.51. The van der Waals surface area contributed by atoms with Gasteiger partial charge in [0.15, 0.2) is 5.96 Å². The minimum Gasteiger partial charge on any atom is -0.357 e. The molecule has 0 heterocycles. The van der Waals surface area contributed by atoms with E-state index in [2.05, 4.69) is 10.0 Å². The van der Waals surface area contributed by atoms with Crippen molar-refractivity contribution in [2.24, 2.45) is 4.99 Å². The Balaban J connectivity index is 2.16. The first-order chi connectivity index (χ1) is 14.2. The zero-order valence-electron chi connectivity index (χ0n) is 18.0. The topological polar surface area (TPSA) is 73.8 Å². The second-order valence-corrected chi connectivity index (χ2v) is 9.21. The minimum atomic E-state index is -3.42. The van der Waals surface area contributed by atoms with Crippen LogP contribution in [-0.2, 0) is 28.9 Å². The fraction of sp³-hybridized carbons (Fsp3) is 0.409. The lowest BCUT2D eigenvalue weighted by Gasteiger charge is -2.22. The van der Waals surface area contributed by atoms with Crippen molar-refractivity contribution in [3.05, 3.63) is 71.0 Å². The Morgan fingerprint density at radius 2 is 1.73 bits per heavy atom. The van der Waals surface area contributed by atoms with E-state index in [1.807, 2.05) is 43.1 Å². The third-order valence-electron chi connectivity index (χ3n) is 4.31. The number of benzene rings is 2. The molecule has 2 aromatic rings. The molecular formula is C22H31FN4O2S. The van der Waals surface area contributed by atoms with Gasteiger partial charge in [0.25, 0.3) is 0 Å². The summed E-state index contributed by atoms with van der Waals surface area (Å²) in [5.41, 5.74) is 2.56. The second kappa shape index (κ2) is 11.1. The number of guanidine groups is 1. The van der Waals surface area contributed by atoms with E-state index in [1.165, 1.54) is 12.1 Å². The Bertz CT molecular complexity index is 944. The average Bonchev–Trinajstić information content (AvgIpc) is 2.66. The van der Waals surface area contributed by atoms with Crippen LogP contribution in [0.2, 0.25) is 0 Å². The Morgan fingerprint density at radius 1 is 1.10 bits per heavy atom. The van der Waals surface area contributed by atoms with Gasteiger partial charge in [-0.2, -0.15) is 0 Å². The normalized spacial score (nSPS) is 12.3. The summed E-state index contributed by atoms with van der Waals surface area (Å²) < 4.78 is 40.4. The number of hydrogen-bond donors (Lipinski definition) is 2. The quantitative estimate of drug-likeness (QED) is 0.469. The third-order valence-corrected chi connectivity index (χ3v) is 5.83. The zero-order valence-corrected chi connectivity index (χ0v) is 18.8. The van der Waals surface area contributed by atoms with E-state index in [9.17, 15) is 12.8 Å². The highest BCUT2D eigenvalue weighted by molar-refractivity contribution is 7.88. The lowest BCUT2D eigenvalue weighted by atomic mass is 10.1. The van der Waals surface area contributed by atoms with Crippen LogP contribution in [0.15, 0.2) is 53.5 Å². The summed E-state index contributed by atoms with van der Waals surface area (Å²) in [6, 6.07) is 13.7. The van der Waals surface area contributed by atoms with Crippen molar-refractivity contribution in [1.29, 1.82) is 0 Å². The van der Waals surface area contributed by atoms with Gasteiger partial charge in [-0.05, 0) is 49.6 Å². The van der Waals surface area contributed by atoms with Gasteiger partial charge in [-0.3, -0.25) is 0 Å². The van der Waals surface area contributed by atoms with Crippen molar-refractivity contribution in [3.8, 4) is 0 Å². The number of nitrogens with one attached hydrogen (secondary N) is 2. The largest absolute Gasteiger partial charge is 0.357 e. The molecule has 0 aliphatic carbocycles. The highest BCUT2D eigenvalue weighted by atomic mass is 32.2. The molecule has 2 rings (SSSR count). The average molecular weight is 435 g/mol. The summed E-state index contributed by atoms with van der Waals surface area (Å²) in [4.78, 5) is 6.65. The summed E-state index contributed by atoms with van der Waals surface area (Å²) in [6.45, 7) is 7.20. The molecule has 30 heavy (non-hydrogen) atoms. The molecule has 0 aliphatic heterocycles. The highest BCUT2D eigenvalue weighted by Crippen LogP contribution is 2.14. The van der Waals surface area contributed by atoms with Crippen LogP contribution in [0.4, 0.5) is 4.39 Å². The van der Waals surface area contributed by atoms with Gasteiger partial charge in [0.2, 0.25) is 10.0 Å². The van der Waals surface area contributed by atoms with Crippen molar-refractivity contribution in [1.82, 2.24) is 14.9 Å². The van der Waals surface area contributed by atoms with Crippen LogP contribution in [0.25, 0.3) is 0 Å². The van der Waals surface area contributed by atoms with E-state index < -0.39 is 10.0 Å². The molecule has 8 heteroatoms. The van der Waals surface area contributed by atoms with Crippen LogP contribution in [-0.4, -0.2) is 38.9 Å². The molecule has 0 saturated carbocycles. The molecule has 0 spiro atoms. The molecular weight excluding hydrogens is 403 g/mol. The molecule has 0 unspecified atom stereocenters. The van der Waals surface area contributed by atoms with E-state index >= 15 is 0 Å². The van der Waals surface area contributed by atoms with Crippen LogP contribution in [0.3, 0.4) is 0 Å². The number of hydrogen-bond acceptors (Lipinski definition) is 3. The molecule has 0 radical (unpaired) electrons. The van der Waals surface area contributed by atoms with Gasteiger partial charge in [-0.1, -0.05) is 36.4 Å². The van der Waals surface area contributed by atoms with Gasteiger partial charge in [0.05, 0.1) is 12.3 Å². The number of aliphatic imine (C=N–C) groups is 1. The molecule has 2 aromatic carbocycles. The molecule has 164 valence electrons. The molecule has 0 aliphatic rings. The number of sulfonamides is 1. The first kappa shape index (κ1) is 23.8. The van der Waals surface area contributed by atoms with Crippen molar-refractivity contribution in [3.63, 3.8) is 0 Å². The number of rotatable bonds is 9. The predicted octanol–water partition coefficient (Wildman–Crippen LogP) is 3.25. The molecule has 2 N–H and O–H groups in total. The summed E-state index contributed by atoms with van der Waals surface area (Å²) in [5, 5.41) is 3.25. The van der Waals surface area contributed by atoms with Gasteiger partial charge >= 0.3 is 0 Å². The van der Waals surface area contributed by atoms with E-state index in [0.29, 0.717) is 25.6 Å². The van der Waals surface area contributed by atoms with Crippen molar-refractivity contribution in [2.45, 2.75) is 45.7 Å². The molecule has 0 fully saturated rings. The molecule has 0 amide bonds. The first-order valence-electron chi connectivity index (χ1n) is 10.0. The Labute approximate surface area is 179 Å². The van der Waals surface area contributed by atoms with Crippen LogP contribution in [0.5, 0.6) is 0 Å². The van der Waals surface area contributed by atoms with Crippen LogP contribution in [0.1, 0.15) is 37.5 Å². The standard InChI is InChI=1S/C22H31FN4O2S/c1-5-24-22(27(4)15-18-10-12-21(23)13-11-18)25-14-19-8-6-7-9-20(19)16-30(28,29)26-17(2)3/h6-13,17,26H,5,14-16H2,1-4H3,(H,24,25). The molecule has 0 bridgehead atoms. The van der Waals surface area contributed by atoms with E-state index in [1.54, 1.807) is 26.0 Å². The maximum Gasteiger partial charge on any atom is 0.216 e. The van der Waals surface area contributed by atoms with Gasteiger partial charge in [-0.25, -0.2) is 22.5 Å². The van der Waals surface area contributed by atoms with Crippen LogP contribution in [0, 0.1) is 5.82 Å². The minimum absolute atomic E-state index is 0.0845. The zero-order chi connectivity index (χ0) is 22.1. The molecule has 6 nitrogen and oxygen atoms in total. The Hall–Kier alpha value is -2.45. The van der Waals surface area contributed by atoms with Gasteiger partial charge in [0.1, 0.15) is 5.82 Å². The predicted molar refractivity (Wildman–Crippen MR) is 120 cm³/mol. The highest BCUT2D eigenvalue weighted by Gasteiger charge is 2.15. The van der Waals surface area contributed by atoms with Crippen LogP contribution >= 0.6 is 0 Å². The molecule has 0 atom stereocenters. The number of halogens is 1. The fourth-order valence-corrected chi connectivity index (χ4v) is 4.52. The maximum atomic E-state index is 13.1. The van der Waals surface area contributed by atoms with E-state index in [4.69, 9.17) is 4.99 Å². The van der Waals surface area contributed by atoms with Gasteiger partial charge in [-0.15, -0.1) is 0 Å². The van der Waals surface area contributed by atoms with Crippen LogP contribution < -0.4 is 10.0 Å². The van der Waals surface area contributed by atoms with Crippen molar-refractivity contribution < 1.29 is 12.8 Å². The molecule has 0 saturated heterocycles. The molecule has 0 aromatic heterocycles. The Kier molecular flexibility index (Phi) is 8.80. The summed E-state index contributed by atoms with van der Waals surface area (Å²) in [5.74, 6) is 0.346. The monoisotopic (exact) mass is 434 g/mol. The van der Waals surface area contributed by atoms with Crippen molar-refractivity contribution >= 4 is 16.0 Å². The smallest absolute Gasteiger partial charge is 0.216 e. The summed E-state index contributed by atoms with van der Waals surface area (Å²) >= 11 is 0. The first-order valence-corrected chi connectivity index (χ1v) is 11.7. The SMILES string of the molecule is CCNC(=NCc1ccccc1CS(=O)(=O)NC(C)C)N(C)Cc1ccc(F)cc1. The Morgan fingerprint density at radius 3 is 2.33 bits per heavy atom. The van der Waals surface area contributed by atoms with Crippen molar-refractivity contribution in [2.75, 3.05) is 13.6 Å². The maximum absolute atomic E-state index is 13.1. The van der Waals surface area contributed by atoms with Gasteiger partial charge in [0, 0.05) is 26.2 Å². The lowest BCUT2D eigenvalue weighted by Crippen LogP contribution is -2.38. The third kappa shape index (κ3) is 7.76. The van der Waals surface area contributed by atoms with E-state index in [-0.39, 0.29) is 17.6 Å². The lowest BCUT2D eigenvalue weighted by molar-refractivity contribution is 0.476. The van der Waals surface area contributed by atoms with Gasteiger partial charge < -0.3 is 10.2 Å². The fourth-order valence-electron chi connectivity index (χ4n) is 3.03. The van der Waals surface area contributed by atoms with E-state index in [0.717, 1.165) is 16.7 Å². The summed E-state index contributed by atoms with van der Waals surface area (Å²) in [6.07, 6.45) is 0. The number of nitrogens with zero attached hydrogens (tertiary/aromatic N) is 2.